The third-order valence-electron chi connectivity index (χ3n) is 3.68. The first-order chi connectivity index (χ1) is 12.0. The van der Waals surface area contributed by atoms with E-state index >= 15 is 0 Å². The summed E-state index contributed by atoms with van der Waals surface area (Å²) < 4.78 is 11.0. The van der Waals surface area contributed by atoms with Gasteiger partial charge in [-0.1, -0.05) is 41.9 Å². The average molecular weight is 363 g/mol. The molecule has 6 heteroatoms. The maximum absolute atomic E-state index is 10.9. The van der Waals surface area contributed by atoms with Crippen LogP contribution in [-0.4, -0.2) is 19.1 Å². The molecule has 0 saturated carbocycles. The van der Waals surface area contributed by atoms with Crippen LogP contribution in [0, 0.1) is 0 Å². The minimum absolute atomic E-state index is 0.179. The van der Waals surface area contributed by atoms with Crippen LogP contribution in [0.2, 0.25) is 5.02 Å². The number of ether oxygens (including phenoxy) is 2. The Labute approximate surface area is 153 Å². The SMILES string of the molecule is CCOc1cc(CN[C@@H](C)c2ccccc2)c(Cl)cc1OCC(N)=O. The van der Waals surface area contributed by atoms with Gasteiger partial charge >= 0.3 is 0 Å². The lowest BCUT2D eigenvalue weighted by Gasteiger charge is -2.17. The average Bonchev–Trinajstić information content (AvgIpc) is 2.61. The van der Waals surface area contributed by atoms with Gasteiger partial charge in [0.2, 0.25) is 0 Å². The van der Waals surface area contributed by atoms with Crippen molar-refractivity contribution < 1.29 is 14.3 Å². The molecule has 0 aliphatic heterocycles. The molecule has 5 nitrogen and oxygen atoms in total. The smallest absolute Gasteiger partial charge is 0.255 e. The van der Waals surface area contributed by atoms with Crippen LogP contribution in [-0.2, 0) is 11.3 Å². The molecular formula is C19H23ClN2O3. The number of nitrogens with two attached hydrogens (primary N) is 1. The molecule has 1 amide bonds. The third kappa shape index (κ3) is 5.66. The predicted octanol–water partition coefficient (Wildman–Crippen LogP) is 3.45. The summed E-state index contributed by atoms with van der Waals surface area (Å²) >= 11 is 6.35. The van der Waals surface area contributed by atoms with Crippen LogP contribution in [0.4, 0.5) is 0 Å². The second-order valence-corrected chi connectivity index (χ2v) is 6.00. The number of hydrogen-bond donors (Lipinski definition) is 2. The molecule has 134 valence electrons. The molecule has 0 aromatic heterocycles. The Morgan fingerprint density at radius 1 is 1.20 bits per heavy atom. The molecule has 0 unspecified atom stereocenters. The van der Waals surface area contributed by atoms with E-state index in [0.29, 0.717) is 29.7 Å². The second-order valence-electron chi connectivity index (χ2n) is 5.59. The fourth-order valence-corrected chi connectivity index (χ4v) is 2.59. The summed E-state index contributed by atoms with van der Waals surface area (Å²) in [6.45, 7) is 4.80. The minimum atomic E-state index is -0.555. The van der Waals surface area contributed by atoms with Gasteiger partial charge in [-0.05, 0) is 31.0 Å². The number of rotatable bonds is 9. The van der Waals surface area contributed by atoms with Gasteiger partial charge in [0.1, 0.15) is 0 Å². The molecule has 0 spiro atoms. The molecule has 3 N–H and O–H groups in total. The summed E-state index contributed by atoms with van der Waals surface area (Å²) in [6.07, 6.45) is 0. The highest BCUT2D eigenvalue weighted by atomic mass is 35.5. The van der Waals surface area contributed by atoms with Crippen LogP contribution in [0.25, 0.3) is 0 Å². The van der Waals surface area contributed by atoms with Crippen molar-refractivity contribution in [1.29, 1.82) is 0 Å². The fraction of sp³-hybridized carbons (Fsp3) is 0.316. The lowest BCUT2D eigenvalue weighted by Crippen LogP contribution is -2.20. The Balaban J connectivity index is 2.11. The quantitative estimate of drug-likeness (QED) is 0.716. The zero-order chi connectivity index (χ0) is 18.2. The van der Waals surface area contributed by atoms with Gasteiger partial charge in [-0.25, -0.2) is 0 Å². The molecule has 2 aromatic carbocycles. The monoisotopic (exact) mass is 362 g/mol. The molecule has 25 heavy (non-hydrogen) atoms. The van der Waals surface area contributed by atoms with Crippen molar-refractivity contribution in [2.24, 2.45) is 5.73 Å². The zero-order valence-corrected chi connectivity index (χ0v) is 15.2. The van der Waals surface area contributed by atoms with Gasteiger partial charge in [0.05, 0.1) is 6.61 Å². The van der Waals surface area contributed by atoms with Crippen molar-refractivity contribution in [1.82, 2.24) is 5.32 Å². The molecule has 0 fully saturated rings. The lowest BCUT2D eigenvalue weighted by molar-refractivity contribution is -0.119. The van der Waals surface area contributed by atoms with Gasteiger partial charge in [-0.15, -0.1) is 0 Å². The van der Waals surface area contributed by atoms with Crippen LogP contribution in [0.15, 0.2) is 42.5 Å². The van der Waals surface area contributed by atoms with Crippen LogP contribution in [0.1, 0.15) is 31.0 Å². The van der Waals surface area contributed by atoms with E-state index in [0.717, 1.165) is 5.56 Å². The van der Waals surface area contributed by atoms with E-state index in [1.807, 2.05) is 31.2 Å². The molecule has 0 aliphatic rings. The maximum Gasteiger partial charge on any atom is 0.255 e. The predicted molar refractivity (Wildman–Crippen MR) is 99.0 cm³/mol. The van der Waals surface area contributed by atoms with Crippen molar-refractivity contribution >= 4 is 17.5 Å². The molecule has 2 aromatic rings. The Bertz CT molecular complexity index is 707. The third-order valence-corrected chi connectivity index (χ3v) is 4.03. The number of halogens is 1. The molecule has 0 radical (unpaired) electrons. The van der Waals surface area contributed by atoms with Crippen molar-refractivity contribution in [3.8, 4) is 11.5 Å². The van der Waals surface area contributed by atoms with Crippen molar-refractivity contribution in [2.75, 3.05) is 13.2 Å². The summed E-state index contributed by atoms with van der Waals surface area (Å²) in [7, 11) is 0. The Morgan fingerprint density at radius 3 is 2.52 bits per heavy atom. The van der Waals surface area contributed by atoms with Gasteiger partial charge in [0.15, 0.2) is 18.1 Å². The van der Waals surface area contributed by atoms with Crippen molar-refractivity contribution in [2.45, 2.75) is 26.4 Å². The van der Waals surface area contributed by atoms with E-state index in [1.54, 1.807) is 6.07 Å². The number of carbonyl (C=O) groups is 1. The topological polar surface area (TPSA) is 73.6 Å². The molecular weight excluding hydrogens is 340 g/mol. The molecule has 0 bridgehead atoms. The first-order valence-corrected chi connectivity index (χ1v) is 8.53. The van der Waals surface area contributed by atoms with Gasteiger partial charge < -0.3 is 20.5 Å². The Hall–Kier alpha value is -2.24. The van der Waals surface area contributed by atoms with E-state index in [4.69, 9.17) is 26.8 Å². The minimum Gasteiger partial charge on any atom is -0.490 e. The number of amides is 1. The number of nitrogens with one attached hydrogen (secondary N) is 1. The molecule has 0 aliphatic carbocycles. The molecule has 1 atom stereocenters. The normalized spacial score (nSPS) is 11.8. The van der Waals surface area contributed by atoms with Crippen molar-refractivity contribution in [3.63, 3.8) is 0 Å². The summed E-state index contributed by atoms with van der Waals surface area (Å²) in [4.78, 5) is 10.9. The van der Waals surface area contributed by atoms with Crippen molar-refractivity contribution in [3.05, 3.63) is 58.6 Å². The summed E-state index contributed by atoms with van der Waals surface area (Å²) in [6, 6.07) is 13.8. The Kier molecular flexibility index (Phi) is 7.10. The van der Waals surface area contributed by atoms with Gasteiger partial charge in [-0.3, -0.25) is 4.79 Å². The molecule has 0 saturated heterocycles. The molecule has 2 rings (SSSR count). The fourth-order valence-electron chi connectivity index (χ4n) is 2.37. The largest absolute Gasteiger partial charge is 0.490 e. The summed E-state index contributed by atoms with van der Waals surface area (Å²) in [5, 5.41) is 3.98. The summed E-state index contributed by atoms with van der Waals surface area (Å²) in [5.74, 6) is 0.392. The summed E-state index contributed by atoms with van der Waals surface area (Å²) in [5.41, 5.74) is 7.21. The lowest BCUT2D eigenvalue weighted by atomic mass is 10.1. The van der Waals surface area contributed by atoms with E-state index in [2.05, 4.69) is 24.4 Å². The number of benzene rings is 2. The number of carbonyl (C=O) groups excluding carboxylic acids is 1. The standard InChI is InChI=1S/C19H23ClN2O3/c1-3-24-17-9-15(16(20)10-18(17)25-12-19(21)23)11-22-13(2)14-7-5-4-6-8-14/h4-10,13,22H,3,11-12H2,1-2H3,(H2,21,23)/t13-/m0/s1. The number of hydrogen-bond acceptors (Lipinski definition) is 4. The van der Waals surface area contributed by atoms with E-state index in [-0.39, 0.29) is 12.6 Å². The second kappa shape index (κ2) is 9.30. The highest BCUT2D eigenvalue weighted by Gasteiger charge is 2.13. The highest BCUT2D eigenvalue weighted by Crippen LogP contribution is 2.34. The zero-order valence-electron chi connectivity index (χ0n) is 14.4. The van der Waals surface area contributed by atoms with Gasteiger partial charge in [0.25, 0.3) is 5.91 Å². The van der Waals surface area contributed by atoms with Gasteiger partial charge in [-0.2, -0.15) is 0 Å². The Morgan fingerprint density at radius 2 is 1.88 bits per heavy atom. The highest BCUT2D eigenvalue weighted by molar-refractivity contribution is 6.31. The van der Waals surface area contributed by atoms with E-state index < -0.39 is 5.91 Å². The maximum atomic E-state index is 10.9. The van der Waals surface area contributed by atoms with Gasteiger partial charge in [0, 0.05) is 23.7 Å². The number of primary amides is 1. The first kappa shape index (κ1) is 19.1. The first-order valence-electron chi connectivity index (χ1n) is 8.16. The van der Waals surface area contributed by atoms with E-state index in [1.165, 1.54) is 5.56 Å². The van der Waals surface area contributed by atoms with Crippen LogP contribution < -0.4 is 20.5 Å². The van der Waals surface area contributed by atoms with E-state index in [9.17, 15) is 4.79 Å². The molecule has 0 heterocycles. The van der Waals surface area contributed by atoms with Crippen LogP contribution in [0.3, 0.4) is 0 Å². The van der Waals surface area contributed by atoms with Crippen LogP contribution in [0.5, 0.6) is 11.5 Å². The van der Waals surface area contributed by atoms with Crippen LogP contribution >= 0.6 is 11.6 Å².